The lowest BCUT2D eigenvalue weighted by atomic mass is 10.1. The Morgan fingerprint density at radius 1 is 1.22 bits per heavy atom. The van der Waals surface area contributed by atoms with E-state index in [1.807, 2.05) is 25.1 Å². The minimum absolute atomic E-state index is 0.577. The summed E-state index contributed by atoms with van der Waals surface area (Å²) in [6, 6.07) is 5.63. The van der Waals surface area contributed by atoms with E-state index < -0.39 is 0 Å². The molecular weight excluding hydrogens is 248 g/mol. The van der Waals surface area contributed by atoms with Gasteiger partial charge < -0.3 is 14.5 Å². The van der Waals surface area contributed by atoms with Crippen molar-refractivity contribution in [1.82, 2.24) is 9.97 Å². The fraction of sp³-hybridized carbons (Fsp3) is 0.231. The van der Waals surface area contributed by atoms with Gasteiger partial charge in [0.25, 0.3) is 0 Å². The van der Waals surface area contributed by atoms with Gasteiger partial charge in [-0.3, -0.25) is 0 Å². The van der Waals surface area contributed by atoms with Crippen LogP contribution in [-0.4, -0.2) is 24.2 Å². The molecule has 0 aliphatic carbocycles. The summed E-state index contributed by atoms with van der Waals surface area (Å²) in [6.45, 7) is 1.93. The number of benzene rings is 1. The molecule has 2 aromatic rings. The molecule has 0 aliphatic rings. The SMILES string of the molecule is COc1ccc(OC)c(-c2[nH]cnc(=S)c2C)c1. The summed E-state index contributed by atoms with van der Waals surface area (Å²) in [5.74, 6) is 1.53. The Balaban J connectivity index is 2.68. The van der Waals surface area contributed by atoms with E-state index in [1.54, 1.807) is 20.5 Å². The minimum atomic E-state index is 0.577. The van der Waals surface area contributed by atoms with Crippen molar-refractivity contribution in [1.29, 1.82) is 0 Å². The molecule has 18 heavy (non-hydrogen) atoms. The molecule has 1 aromatic carbocycles. The molecule has 0 saturated carbocycles. The van der Waals surface area contributed by atoms with Crippen molar-refractivity contribution in [3.05, 3.63) is 34.7 Å². The Bertz CT molecular complexity index is 623. The van der Waals surface area contributed by atoms with E-state index in [9.17, 15) is 0 Å². The highest BCUT2D eigenvalue weighted by molar-refractivity contribution is 7.71. The van der Waals surface area contributed by atoms with Gasteiger partial charge in [0.1, 0.15) is 16.1 Å². The van der Waals surface area contributed by atoms with Crippen LogP contribution in [0.3, 0.4) is 0 Å². The maximum atomic E-state index is 5.36. The fourth-order valence-corrected chi connectivity index (χ4v) is 1.91. The molecule has 0 atom stereocenters. The molecule has 0 amide bonds. The average molecular weight is 262 g/mol. The molecule has 1 N–H and O–H groups in total. The number of hydrogen-bond donors (Lipinski definition) is 1. The smallest absolute Gasteiger partial charge is 0.132 e. The summed E-state index contributed by atoms with van der Waals surface area (Å²) in [5, 5.41) is 0. The van der Waals surface area contributed by atoms with Gasteiger partial charge in [-0.1, -0.05) is 12.2 Å². The zero-order chi connectivity index (χ0) is 13.1. The highest BCUT2D eigenvalue weighted by Gasteiger charge is 2.11. The van der Waals surface area contributed by atoms with Crippen molar-refractivity contribution >= 4 is 12.2 Å². The molecule has 0 spiro atoms. The lowest BCUT2D eigenvalue weighted by Gasteiger charge is -2.12. The third kappa shape index (κ3) is 2.22. The highest BCUT2D eigenvalue weighted by atomic mass is 32.1. The standard InChI is InChI=1S/C13H14N2O2S/c1-8-12(14-7-15-13(8)18)10-6-9(16-2)4-5-11(10)17-3/h4-7H,1-3H3,(H,14,15,18). The van der Waals surface area contributed by atoms with Crippen LogP contribution in [0.2, 0.25) is 0 Å². The van der Waals surface area contributed by atoms with Gasteiger partial charge in [-0.05, 0) is 25.1 Å². The molecule has 94 valence electrons. The summed E-state index contributed by atoms with van der Waals surface area (Å²) in [4.78, 5) is 7.16. The van der Waals surface area contributed by atoms with Crippen molar-refractivity contribution in [2.45, 2.75) is 6.92 Å². The maximum absolute atomic E-state index is 5.36. The number of ether oxygens (including phenoxy) is 2. The summed E-state index contributed by atoms with van der Waals surface area (Å²) < 4.78 is 11.2. The maximum Gasteiger partial charge on any atom is 0.132 e. The third-order valence-electron chi connectivity index (χ3n) is 2.76. The molecular formula is C13H14N2O2S. The second-order valence-corrected chi connectivity index (χ2v) is 4.16. The topological polar surface area (TPSA) is 47.1 Å². The zero-order valence-corrected chi connectivity index (χ0v) is 11.3. The van der Waals surface area contributed by atoms with Crippen molar-refractivity contribution in [3.8, 4) is 22.8 Å². The van der Waals surface area contributed by atoms with E-state index in [4.69, 9.17) is 21.7 Å². The van der Waals surface area contributed by atoms with Crippen molar-refractivity contribution in [3.63, 3.8) is 0 Å². The lowest BCUT2D eigenvalue weighted by Crippen LogP contribution is -1.95. The second kappa shape index (κ2) is 5.18. The number of aromatic nitrogens is 2. The third-order valence-corrected chi connectivity index (χ3v) is 3.17. The molecule has 0 aliphatic heterocycles. The molecule has 5 heteroatoms. The van der Waals surface area contributed by atoms with E-state index in [1.165, 1.54) is 0 Å². The van der Waals surface area contributed by atoms with Crippen LogP contribution in [0, 0.1) is 11.6 Å². The normalized spacial score (nSPS) is 10.2. The minimum Gasteiger partial charge on any atom is -0.497 e. The highest BCUT2D eigenvalue weighted by Crippen LogP contribution is 2.33. The second-order valence-electron chi connectivity index (χ2n) is 3.77. The number of methoxy groups -OCH3 is 2. The van der Waals surface area contributed by atoms with Gasteiger partial charge in [-0.15, -0.1) is 0 Å². The van der Waals surface area contributed by atoms with Crippen LogP contribution >= 0.6 is 12.2 Å². The summed E-state index contributed by atoms with van der Waals surface area (Å²) in [7, 11) is 3.27. The molecule has 0 saturated heterocycles. The Hall–Kier alpha value is -1.88. The zero-order valence-electron chi connectivity index (χ0n) is 10.5. The summed E-state index contributed by atoms with van der Waals surface area (Å²) >= 11 is 5.18. The molecule has 0 fully saturated rings. The lowest BCUT2D eigenvalue weighted by molar-refractivity contribution is 0.404. The van der Waals surface area contributed by atoms with Gasteiger partial charge >= 0.3 is 0 Å². The van der Waals surface area contributed by atoms with Gasteiger partial charge in [0.2, 0.25) is 0 Å². The fourth-order valence-electron chi connectivity index (χ4n) is 1.76. The predicted octanol–water partition coefficient (Wildman–Crippen LogP) is 3.13. The molecule has 0 unspecified atom stereocenters. The quantitative estimate of drug-likeness (QED) is 0.863. The van der Waals surface area contributed by atoms with Crippen LogP contribution in [0.15, 0.2) is 24.5 Å². The Morgan fingerprint density at radius 2 is 2.00 bits per heavy atom. The Kier molecular flexibility index (Phi) is 3.62. The number of nitrogens with zero attached hydrogens (tertiary/aromatic N) is 1. The number of aromatic amines is 1. The average Bonchev–Trinajstić information content (AvgIpc) is 2.41. The molecule has 2 rings (SSSR count). The van der Waals surface area contributed by atoms with Gasteiger partial charge in [0.15, 0.2) is 0 Å². The Morgan fingerprint density at radius 3 is 2.67 bits per heavy atom. The van der Waals surface area contributed by atoms with E-state index in [0.717, 1.165) is 28.3 Å². The first kappa shape index (κ1) is 12.6. The van der Waals surface area contributed by atoms with Crippen LogP contribution in [-0.2, 0) is 0 Å². The first-order valence-corrected chi connectivity index (χ1v) is 5.85. The number of hydrogen-bond acceptors (Lipinski definition) is 4. The van der Waals surface area contributed by atoms with Crippen molar-refractivity contribution < 1.29 is 9.47 Å². The van der Waals surface area contributed by atoms with Crippen LogP contribution in [0.1, 0.15) is 5.56 Å². The van der Waals surface area contributed by atoms with E-state index in [2.05, 4.69) is 9.97 Å². The van der Waals surface area contributed by atoms with Crippen molar-refractivity contribution in [2.75, 3.05) is 14.2 Å². The summed E-state index contributed by atoms with van der Waals surface area (Å²) in [5.41, 5.74) is 2.72. The molecule has 1 aromatic heterocycles. The largest absolute Gasteiger partial charge is 0.497 e. The predicted molar refractivity (Wildman–Crippen MR) is 72.7 cm³/mol. The molecule has 0 bridgehead atoms. The van der Waals surface area contributed by atoms with Gasteiger partial charge in [-0.2, -0.15) is 0 Å². The summed E-state index contributed by atoms with van der Waals surface area (Å²) in [6.07, 6.45) is 1.59. The van der Waals surface area contributed by atoms with E-state index in [-0.39, 0.29) is 0 Å². The van der Waals surface area contributed by atoms with Crippen molar-refractivity contribution in [2.24, 2.45) is 0 Å². The van der Waals surface area contributed by atoms with Gasteiger partial charge in [0, 0.05) is 11.1 Å². The number of H-pyrrole nitrogens is 1. The van der Waals surface area contributed by atoms with Gasteiger partial charge in [0.05, 0.1) is 26.2 Å². The van der Waals surface area contributed by atoms with Crippen LogP contribution in [0.25, 0.3) is 11.3 Å². The number of rotatable bonds is 3. The van der Waals surface area contributed by atoms with Crippen LogP contribution in [0.4, 0.5) is 0 Å². The first-order chi connectivity index (χ1) is 8.67. The van der Waals surface area contributed by atoms with E-state index in [0.29, 0.717) is 4.64 Å². The van der Waals surface area contributed by atoms with Crippen LogP contribution in [0.5, 0.6) is 11.5 Å². The molecule has 1 heterocycles. The molecule has 0 radical (unpaired) electrons. The van der Waals surface area contributed by atoms with E-state index >= 15 is 0 Å². The molecule has 4 nitrogen and oxygen atoms in total. The first-order valence-electron chi connectivity index (χ1n) is 5.44. The monoisotopic (exact) mass is 262 g/mol. The Labute approximate surface area is 111 Å². The van der Waals surface area contributed by atoms with Crippen LogP contribution < -0.4 is 9.47 Å². The number of nitrogens with one attached hydrogen (secondary N) is 1. The van der Waals surface area contributed by atoms with Gasteiger partial charge in [-0.25, -0.2) is 4.98 Å².